The molecule has 2 aliphatic rings. The predicted octanol–water partition coefficient (Wildman–Crippen LogP) is 2.64. The van der Waals surface area contributed by atoms with Crippen LogP contribution in [0.1, 0.15) is 48.0 Å². The van der Waals surface area contributed by atoms with Gasteiger partial charge < -0.3 is 16.0 Å². The largest absolute Gasteiger partial charge is 0.349 e. The molecule has 1 heterocycles. The molecule has 1 aromatic rings. The minimum atomic E-state index is -0.0555. The molecule has 0 spiro atoms. The second kappa shape index (κ2) is 8.49. The zero-order chi connectivity index (χ0) is 16.2. The Morgan fingerprint density at radius 3 is 2.71 bits per heavy atom. The van der Waals surface area contributed by atoms with Crippen LogP contribution in [-0.2, 0) is 4.79 Å². The van der Waals surface area contributed by atoms with Crippen LogP contribution < -0.4 is 16.0 Å². The number of halogens is 1. The highest BCUT2D eigenvalue weighted by atomic mass is 35.5. The Labute approximate surface area is 149 Å². The molecule has 1 aromatic carbocycles. The molecule has 0 bridgehead atoms. The van der Waals surface area contributed by atoms with Crippen LogP contribution in [0.2, 0.25) is 0 Å². The first-order valence-electron chi connectivity index (χ1n) is 8.54. The molecule has 3 rings (SSSR count). The summed E-state index contributed by atoms with van der Waals surface area (Å²) in [6, 6.07) is 5.81. The molecule has 0 radical (unpaired) electrons. The Hall–Kier alpha value is -1.59. The summed E-state index contributed by atoms with van der Waals surface area (Å²) in [7, 11) is 0. The van der Waals surface area contributed by atoms with Crippen molar-refractivity contribution >= 4 is 29.9 Å². The van der Waals surface area contributed by atoms with Gasteiger partial charge in [0.05, 0.1) is 0 Å². The molecule has 6 heteroatoms. The van der Waals surface area contributed by atoms with Crippen LogP contribution in [0.4, 0.5) is 5.69 Å². The molecule has 0 aromatic heterocycles. The highest BCUT2D eigenvalue weighted by Crippen LogP contribution is 2.22. The molecule has 24 heavy (non-hydrogen) atoms. The van der Waals surface area contributed by atoms with E-state index in [-0.39, 0.29) is 24.2 Å². The smallest absolute Gasteiger partial charge is 0.251 e. The Balaban J connectivity index is 0.00000208. The molecule has 3 N–H and O–H groups in total. The number of nitrogens with one attached hydrogen (secondary N) is 3. The van der Waals surface area contributed by atoms with Gasteiger partial charge in [-0.25, -0.2) is 0 Å². The van der Waals surface area contributed by atoms with Gasteiger partial charge in [-0.05, 0) is 69.3 Å². The summed E-state index contributed by atoms with van der Waals surface area (Å²) < 4.78 is 0. The van der Waals surface area contributed by atoms with Crippen LogP contribution in [0.15, 0.2) is 18.2 Å². The third-order valence-corrected chi connectivity index (χ3v) is 4.63. The summed E-state index contributed by atoms with van der Waals surface area (Å²) in [5, 5.41) is 9.25. The van der Waals surface area contributed by atoms with Crippen LogP contribution in [-0.4, -0.2) is 30.9 Å². The van der Waals surface area contributed by atoms with Crippen molar-refractivity contribution in [3.8, 4) is 0 Å². The Bertz CT molecular complexity index is 596. The molecule has 1 saturated heterocycles. The lowest BCUT2D eigenvalue weighted by atomic mass is 10.0. The van der Waals surface area contributed by atoms with Crippen molar-refractivity contribution in [2.24, 2.45) is 5.92 Å². The van der Waals surface area contributed by atoms with E-state index < -0.39 is 0 Å². The Kier molecular flexibility index (Phi) is 6.63. The van der Waals surface area contributed by atoms with Gasteiger partial charge in [-0.15, -0.1) is 12.4 Å². The van der Waals surface area contributed by atoms with Crippen LogP contribution >= 0.6 is 12.4 Å². The number of carbonyl (C=O) groups excluding carboxylic acids is 2. The van der Waals surface area contributed by atoms with Crippen molar-refractivity contribution in [2.45, 2.75) is 45.1 Å². The highest BCUT2D eigenvalue weighted by Gasteiger charge is 2.24. The molecule has 1 unspecified atom stereocenters. The average Bonchev–Trinajstić information content (AvgIpc) is 3.19. The van der Waals surface area contributed by atoms with Crippen molar-refractivity contribution in [3.63, 3.8) is 0 Å². The van der Waals surface area contributed by atoms with E-state index in [9.17, 15) is 9.59 Å². The number of hydrogen-bond acceptors (Lipinski definition) is 3. The number of carbonyl (C=O) groups is 2. The maximum absolute atomic E-state index is 12.2. The number of aryl methyl sites for hydroxylation is 1. The third kappa shape index (κ3) is 5.21. The maximum Gasteiger partial charge on any atom is 0.251 e. The lowest BCUT2D eigenvalue weighted by Gasteiger charge is -2.12. The summed E-state index contributed by atoms with van der Waals surface area (Å²) in [4.78, 5) is 24.3. The van der Waals surface area contributed by atoms with Crippen molar-refractivity contribution in [1.29, 1.82) is 0 Å². The molecule has 1 saturated carbocycles. The standard InChI is InChI=1S/C18H25N3O2.ClH/c1-12-2-4-14(18(23)20-15-5-6-15)10-16(12)21-17(22)7-3-13-8-9-19-11-13;/h2,4,10,13,15,19H,3,5-9,11H2,1H3,(H,20,23)(H,21,22);1H. The zero-order valence-corrected chi connectivity index (χ0v) is 14.9. The fraction of sp³-hybridized carbons (Fsp3) is 0.556. The topological polar surface area (TPSA) is 70.2 Å². The first-order valence-corrected chi connectivity index (χ1v) is 8.54. The Morgan fingerprint density at radius 2 is 2.04 bits per heavy atom. The minimum Gasteiger partial charge on any atom is -0.349 e. The SMILES string of the molecule is Cc1ccc(C(=O)NC2CC2)cc1NC(=O)CCC1CCNC1.Cl. The van der Waals surface area contributed by atoms with Crippen molar-refractivity contribution < 1.29 is 9.59 Å². The quantitative estimate of drug-likeness (QED) is 0.738. The van der Waals surface area contributed by atoms with Crippen molar-refractivity contribution in [1.82, 2.24) is 10.6 Å². The highest BCUT2D eigenvalue weighted by molar-refractivity contribution is 5.98. The lowest BCUT2D eigenvalue weighted by molar-refractivity contribution is -0.116. The Morgan fingerprint density at radius 1 is 1.25 bits per heavy atom. The maximum atomic E-state index is 12.2. The molecule has 2 fully saturated rings. The van der Waals surface area contributed by atoms with Gasteiger partial charge in [-0.1, -0.05) is 6.07 Å². The number of amides is 2. The van der Waals surface area contributed by atoms with Crippen molar-refractivity contribution in [2.75, 3.05) is 18.4 Å². The van der Waals surface area contributed by atoms with Crippen LogP contribution in [0.25, 0.3) is 0 Å². The summed E-state index contributed by atoms with van der Waals surface area (Å²) in [5.74, 6) is 0.581. The normalized spacial score (nSPS) is 19.5. The van der Waals surface area contributed by atoms with Gasteiger partial charge in [0.15, 0.2) is 0 Å². The summed E-state index contributed by atoms with van der Waals surface area (Å²) >= 11 is 0. The van der Waals surface area contributed by atoms with Gasteiger partial charge in [-0.2, -0.15) is 0 Å². The summed E-state index contributed by atoms with van der Waals surface area (Å²) in [6.07, 6.45) is 4.74. The molecular weight excluding hydrogens is 326 g/mol. The van der Waals surface area contributed by atoms with Gasteiger partial charge in [0.2, 0.25) is 5.91 Å². The van der Waals surface area contributed by atoms with Gasteiger partial charge in [0.25, 0.3) is 5.91 Å². The van der Waals surface area contributed by atoms with Crippen LogP contribution in [0.5, 0.6) is 0 Å². The van der Waals surface area contributed by atoms with E-state index in [1.54, 1.807) is 6.07 Å². The summed E-state index contributed by atoms with van der Waals surface area (Å²) in [6.45, 7) is 4.02. The molecular formula is C18H26ClN3O2. The first kappa shape index (κ1) is 18.7. The molecule has 2 amide bonds. The monoisotopic (exact) mass is 351 g/mol. The zero-order valence-electron chi connectivity index (χ0n) is 14.1. The number of hydrogen-bond donors (Lipinski definition) is 3. The molecule has 1 aliphatic heterocycles. The van der Waals surface area contributed by atoms with E-state index in [1.165, 1.54) is 0 Å². The molecule has 1 atom stereocenters. The number of benzene rings is 1. The lowest BCUT2D eigenvalue weighted by Crippen LogP contribution is -2.25. The van der Waals surface area contributed by atoms with Gasteiger partial charge in [0, 0.05) is 23.7 Å². The molecule has 132 valence electrons. The number of anilines is 1. The second-order valence-electron chi connectivity index (χ2n) is 6.72. The van der Waals surface area contributed by atoms with E-state index in [0.29, 0.717) is 23.9 Å². The van der Waals surface area contributed by atoms with Gasteiger partial charge in [0.1, 0.15) is 0 Å². The average molecular weight is 352 g/mol. The van der Waals surface area contributed by atoms with Gasteiger partial charge >= 0.3 is 0 Å². The fourth-order valence-electron chi connectivity index (χ4n) is 2.90. The second-order valence-corrected chi connectivity index (χ2v) is 6.72. The summed E-state index contributed by atoms with van der Waals surface area (Å²) in [5.41, 5.74) is 2.32. The minimum absolute atomic E-state index is 0. The van der Waals surface area contributed by atoms with Crippen LogP contribution in [0, 0.1) is 12.8 Å². The third-order valence-electron chi connectivity index (χ3n) is 4.63. The van der Waals surface area contributed by atoms with E-state index in [4.69, 9.17) is 0 Å². The first-order chi connectivity index (χ1) is 11.1. The fourth-order valence-corrected chi connectivity index (χ4v) is 2.90. The van der Waals surface area contributed by atoms with E-state index >= 15 is 0 Å². The molecule has 1 aliphatic carbocycles. The van der Waals surface area contributed by atoms with Gasteiger partial charge in [-0.3, -0.25) is 9.59 Å². The van der Waals surface area contributed by atoms with E-state index in [2.05, 4.69) is 16.0 Å². The van der Waals surface area contributed by atoms with E-state index in [0.717, 1.165) is 50.0 Å². The number of rotatable bonds is 6. The van der Waals surface area contributed by atoms with E-state index in [1.807, 2.05) is 19.1 Å². The molecule has 5 nitrogen and oxygen atoms in total. The van der Waals surface area contributed by atoms with Crippen LogP contribution in [0.3, 0.4) is 0 Å². The predicted molar refractivity (Wildman–Crippen MR) is 97.8 cm³/mol. The van der Waals surface area contributed by atoms with Crippen molar-refractivity contribution in [3.05, 3.63) is 29.3 Å².